The predicted octanol–water partition coefficient (Wildman–Crippen LogP) is 4.29. The Morgan fingerprint density at radius 2 is 1.88 bits per heavy atom. The second-order valence-electron chi connectivity index (χ2n) is 5.32. The maximum absolute atomic E-state index is 13.9. The fraction of sp³-hybridized carbons (Fsp3) is 0. The van der Waals surface area contributed by atoms with Crippen LogP contribution in [0.3, 0.4) is 0 Å². The number of H-pyrrole nitrogens is 1. The molecular weight excluding hydrogens is 384 g/mol. The van der Waals surface area contributed by atoms with Gasteiger partial charge in [-0.2, -0.15) is 5.26 Å². The third kappa shape index (κ3) is 3.69. The lowest BCUT2D eigenvalue weighted by Gasteiger charge is -2.07. The number of aromatic amines is 1. The fourth-order valence-electron chi connectivity index (χ4n) is 2.28. The molecule has 1 aromatic heterocycles. The number of benzene rings is 2. The summed E-state index contributed by atoms with van der Waals surface area (Å²) in [5.41, 5.74) is 0.464. The van der Waals surface area contributed by atoms with Crippen molar-refractivity contribution in [3.63, 3.8) is 0 Å². The summed E-state index contributed by atoms with van der Waals surface area (Å²) in [6.07, 6.45) is 1.19. The van der Waals surface area contributed by atoms with Crippen molar-refractivity contribution in [1.82, 2.24) is 4.98 Å². The Labute approximate surface area is 152 Å². The lowest BCUT2D eigenvalue weighted by atomic mass is 10.1. The van der Waals surface area contributed by atoms with Gasteiger partial charge in [-0.05, 0) is 42.5 Å². The summed E-state index contributed by atoms with van der Waals surface area (Å²) in [6.45, 7) is 0. The average molecular weight is 394 g/mol. The Kier molecular flexibility index (Phi) is 4.68. The SMILES string of the molecule is N#Cc1ccc(NS(=O)(=O)c2c[nH]c(-c3cc(F)cc(Cl)c3)c2)c(F)c1. The molecule has 5 nitrogen and oxygen atoms in total. The van der Waals surface area contributed by atoms with Crippen LogP contribution in [0.1, 0.15) is 5.56 Å². The normalized spacial score (nSPS) is 11.2. The molecule has 0 atom stereocenters. The van der Waals surface area contributed by atoms with Gasteiger partial charge in [0.2, 0.25) is 0 Å². The number of rotatable bonds is 4. The van der Waals surface area contributed by atoms with E-state index in [-0.39, 0.29) is 21.2 Å². The molecular formula is C17H10ClF2N3O2S. The highest BCUT2D eigenvalue weighted by Gasteiger charge is 2.19. The van der Waals surface area contributed by atoms with Gasteiger partial charge in [0, 0.05) is 22.5 Å². The van der Waals surface area contributed by atoms with Crippen molar-refractivity contribution < 1.29 is 17.2 Å². The van der Waals surface area contributed by atoms with E-state index < -0.39 is 21.7 Å². The molecule has 0 saturated heterocycles. The number of nitriles is 1. The van der Waals surface area contributed by atoms with E-state index in [0.29, 0.717) is 11.3 Å². The first-order chi connectivity index (χ1) is 12.3. The summed E-state index contributed by atoms with van der Waals surface area (Å²) in [4.78, 5) is 2.55. The van der Waals surface area contributed by atoms with E-state index >= 15 is 0 Å². The minimum Gasteiger partial charge on any atom is -0.360 e. The summed E-state index contributed by atoms with van der Waals surface area (Å²) in [5, 5.41) is 8.88. The van der Waals surface area contributed by atoms with Crippen LogP contribution in [0.2, 0.25) is 5.02 Å². The highest BCUT2D eigenvalue weighted by molar-refractivity contribution is 7.92. The molecule has 0 bridgehead atoms. The van der Waals surface area contributed by atoms with Crippen molar-refractivity contribution in [3.05, 3.63) is 70.9 Å². The van der Waals surface area contributed by atoms with Crippen LogP contribution in [0.15, 0.2) is 53.6 Å². The Morgan fingerprint density at radius 1 is 1.12 bits per heavy atom. The van der Waals surface area contributed by atoms with Crippen LogP contribution in [0.25, 0.3) is 11.3 Å². The minimum atomic E-state index is -4.09. The molecule has 132 valence electrons. The zero-order valence-electron chi connectivity index (χ0n) is 12.9. The van der Waals surface area contributed by atoms with Crippen molar-refractivity contribution >= 4 is 27.3 Å². The van der Waals surface area contributed by atoms with E-state index in [0.717, 1.165) is 18.2 Å². The van der Waals surface area contributed by atoms with E-state index in [1.54, 1.807) is 6.07 Å². The van der Waals surface area contributed by atoms with Crippen LogP contribution in [-0.2, 0) is 10.0 Å². The molecule has 0 aliphatic carbocycles. The Bertz CT molecular complexity index is 1120. The standard InChI is InChI=1S/C17H10ClF2N3O2S/c18-12-4-11(5-13(19)6-12)17-7-14(9-22-17)26(24,25)23-16-2-1-10(8-21)3-15(16)20/h1-7,9,22-23H. The zero-order chi connectivity index (χ0) is 18.9. The average Bonchev–Trinajstić information content (AvgIpc) is 3.07. The highest BCUT2D eigenvalue weighted by atomic mass is 35.5. The Balaban J connectivity index is 1.91. The van der Waals surface area contributed by atoms with Gasteiger partial charge in [0.25, 0.3) is 10.0 Å². The van der Waals surface area contributed by atoms with Gasteiger partial charge in [-0.25, -0.2) is 17.2 Å². The first-order valence-electron chi connectivity index (χ1n) is 7.16. The minimum absolute atomic E-state index is 0.0670. The van der Waals surface area contributed by atoms with E-state index in [4.69, 9.17) is 16.9 Å². The zero-order valence-corrected chi connectivity index (χ0v) is 14.5. The molecule has 0 aliphatic heterocycles. The summed E-state index contributed by atoms with van der Waals surface area (Å²) in [7, 11) is -4.09. The van der Waals surface area contributed by atoms with Crippen molar-refractivity contribution in [2.24, 2.45) is 0 Å². The van der Waals surface area contributed by atoms with E-state index in [1.165, 1.54) is 30.5 Å². The smallest absolute Gasteiger partial charge is 0.263 e. The molecule has 2 N–H and O–H groups in total. The maximum Gasteiger partial charge on any atom is 0.263 e. The second-order valence-corrected chi connectivity index (χ2v) is 7.44. The van der Waals surface area contributed by atoms with Crippen LogP contribution in [0.5, 0.6) is 0 Å². The maximum atomic E-state index is 13.9. The van der Waals surface area contributed by atoms with Gasteiger partial charge in [-0.3, -0.25) is 4.72 Å². The topological polar surface area (TPSA) is 85.8 Å². The molecule has 0 saturated carbocycles. The fourth-order valence-corrected chi connectivity index (χ4v) is 3.56. The van der Waals surface area contributed by atoms with Crippen LogP contribution in [0, 0.1) is 23.0 Å². The molecule has 2 aromatic carbocycles. The predicted molar refractivity (Wildman–Crippen MR) is 93.1 cm³/mol. The van der Waals surface area contributed by atoms with E-state index in [2.05, 4.69) is 9.71 Å². The molecule has 3 rings (SSSR count). The number of nitrogens with zero attached hydrogens (tertiary/aromatic N) is 1. The summed E-state index contributed by atoms with van der Waals surface area (Å²) >= 11 is 5.80. The van der Waals surface area contributed by atoms with Crippen molar-refractivity contribution in [1.29, 1.82) is 5.26 Å². The Morgan fingerprint density at radius 3 is 2.54 bits per heavy atom. The van der Waals surface area contributed by atoms with Gasteiger partial charge >= 0.3 is 0 Å². The largest absolute Gasteiger partial charge is 0.360 e. The second kappa shape index (κ2) is 6.78. The molecule has 0 fully saturated rings. The molecule has 9 heteroatoms. The molecule has 26 heavy (non-hydrogen) atoms. The highest BCUT2D eigenvalue weighted by Crippen LogP contribution is 2.27. The van der Waals surface area contributed by atoms with Gasteiger partial charge in [0.15, 0.2) is 0 Å². The molecule has 0 spiro atoms. The monoisotopic (exact) mass is 393 g/mol. The van der Waals surface area contributed by atoms with Crippen molar-refractivity contribution in [2.45, 2.75) is 4.90 Å². The molecule has 0 amide bonds. The van der Waals surface area contributed by atoms with Crippen molar-refractivity contribution in [3.8, 4) is 17.3 Å². The number of hydrogen-bond acceptors (Lipinski definition) is 3. The van der Waals surface area contributed by atoms with Crippen molar-refractivity contribution in [2.75, 3.05) is 4.72 Å². The van der Waals surface area contributed by atoms with Crippen LogP contribution < -0.4 is 4.72 Å². The molecule has 3 aromatic rings. The number of halogens is 3. The number of sulfonamides is 1. The molecule has 0 radical (unpaired) electrons. The van der Waals surface area contributed by atoms with E-state index in [1.807, 2.05) is 0 Å². The lowest BCUT2D eigenvalue weighted by molar-refractivity contribution is 0.598. The first-order valence-corrected chi connectivity index (χ1v) is 9.02. The molecule has 0 aliphatic rings. The summed E-state index contributed by atoms with van der Waals surface area (Å²) in [5.74, 6) is -1.44. The summed E-state index contributed by atoms with van der Waals surface area (Å²) < 4.78 is 54.3. The van der Waals surface area contributed by atoms with Crippen LogP contribution >= 0.6 is 11.6 Å². The quantitative estimate of drug-likeness (QED) is 0.693. The first kappa shape index (κ1) is 17.9. The van der Waals surface area contributed by atoms with Crippen LogP contribution in [0.4, 0.5) is 14.5 Å². The number of anilines is 1. The van der Waals surface area contributed by atoms with E-state index in [9.17, 15) is 17.2 Å². The number of hydrogen-bond donors (Lipinski definition) is 2. The van der Waals surface area contributed by atoms with Gasteiger partial charge in [0.1, 0.15) is 16.5 Å². The van der Waals surface area contributed by atoms with Gasteiger partial charge in [-0.15, -0.1) is 0 Å². The number of aromatic nitrogens is 1. The molecule has 0 unspecified atom stereocenters. The third-order valence-corrected chi connectivity index (χ3v) is 5.05. The Hall–Kier alpha value is -2.89. The number of nitrogens with one attached hydrogen (secondary N) is 2. The van der Waals surface area contributed by atoms with Gasteiger partial charge < -0.3 is 4.98 Å². The van der Waals surface area contributed by atoms with Gasteiger partial charge in [0.05, 0.1) is 17.3 Å². The molecule has 1 heterocycles. The third-order valence-electron chi connectivity index (χ3n) is 3.48. The lowest BCUT2D eigenvalue weighted by Crippen LogP contribution is -2.13. The van der Waals surface area contributed by atoms with Gasteiger partial charge in [-0.1, -0.05) is 11.6 Å². The summed E-state index contributed by atoms with van der Waals surface area (Å²) in [6, 6.07) is 10.2. The van der Waals surface area contributed by atoms with Crippen LogP contribution in [-0.4, -0.2) is 13.4 Å².